The van der Waals surface area contributed by atoms with E-state index in [-0.39, 0.29) is 0 Å². The molecule has 0 aromatic heterocycles. The summed E-state index contributed by atoms with van der Waals surface area (Å²) in [7, 11) is -3.43. The van der Waals surface area contributed by atoms with Crippen molar-refractivity contribution in [1.82, 2.24) is 4.31 Å². The van der Waals surface area contributed by atoms with Crippen LogP contribution >= 0.6 is 15.9 Å². The molecule has 1 aromatic rings. The van der Waals surface area contributed by atoms with Gasteiger partial charge in [-0.15, -0.1) is 0 Å². The molecule has 19 heavy (non-hydrogen) atoms. The average molecular weight is 347 g/mol. The SMILES string of the molecule is Cc1cc(CN)cc(S(=O)(=O)N2CCC(C)C2)c1Br. The minimum atomic E-state index is -3.43. The molecule has 1 fully saturated rings. The summed E-state index contributed by atoms with van der Waals surface area (Å²) >= 11 is 3.39. The molecule has 1 unspecified atom stereocenters. The Morgan fingerprint density at radius 1 is 1.47 bits per heavy atom. The lowest BCUT2D eigenvalue weighted by Crippen LogP contribution is -2.29. The molecule has 1 aromatic carbocycles. The average Bonchev–Trinajstić information content (AvgIpc) is 2.79. The Morgan fingerprint density at radius 2 is 2.16 bits per heavy atom. The molecule has 1 atom stereocenters. The molecule has 0 aliphatic carbocycles. The molecule has 0 spiro atoms. The Morgan fingerprint density at radius 3 is 2.68 bits per heavy atom. The van der Waals surface area contributed by atoms with Gasteiger partial charge in [0.1, 0.15) is 0 Å². The fraction of sp³-hybridized carbons (Fsp3) is 0.538. The molecule has 4 nitrogen and oxygen atoms in total. The van der Waals surface area contributed by atoms with Gasteiger partial charge in [-0.25, -0.2) is 8.42 Å². The van der Waals surface area contributed by atoms with E-state index in [2.05, 4.69) is 22.9 Å². The van der Waals surface area contributed by atoms with Crippen molar-refractivity contribution in [3.63, 3.8) is 0 Å². The summed E-state index contributed by atoms with van der Waals surface area (Å²) in [5.41, 5.74) is 7.37. The number of nitrogens with zero attached hydrogens (tertiary/aromatic N) is 1. The van der Waals surface area contributed by atoms with E-state index < -0.39 is 10.0 Å². The van der Waals surface area contributed by atoms with Gasteiger partial charge in [-0.3, -0.25) is 0 Å². The van der Waals surface area contributed by atoms with E-state index in [9.17, 15) is 8.42 Å². The predicted octanol–water partition coefficient (Wildman–Crippen LogP) is 2.25. The van der Waals surface area contributed by atoms with Gasteiger partial charge in [-0.2, -0.15) is 4.31 Å². The van der Waals surface area contributed by atoms with Crippen molar-refractivity contribution in [2.75, 3.05) is 13.1 Å². The molecule has 1 aliphatic rings. The van der Waals surface area contributed by atoms with Crippen LogP contribution < -0.4 is 5.73 Å². The van der Waals surface area contributed by atoms with Crippen LogP contribution in [0.3, 0.4) is 0 Å². The van der Waals surface area contributed by atoms with Gasteiger partial charge in [0.25, 0.3) is 0 Å². The largest absolute Gasteiger partial charge is 0.326 e. The van der Waals surface area contributed by atoms with Crippen LogP contribution in [0, 0.1) is 12.8 Å². The summed E-state index contributed by atoms with van der Waals surface area (Å²) in [5.74, 6) is 0.423. The Hall–Kier alpha value is -0.430. The number of benzene rings is 1. The van der Waals surface area contributed by atoms with Gasteiger partial charge < -0.3 is 5.73 Å². The van der Waals surface area contributed by atoms with E-state index in [1.165, 1.54) is 0 Å². The second-order valence-corrected chi connectivity index (χ2v) is 7.89. The maximum Gasteiger partial charge on any atom is 0.244 e. The van der Waals surface area contributed by atoms with Crippen molar-refractivity contribution in [3.8, 4) is 0 Å². The lowest BCUT2D eigenvalue weighted by molar-refractivity contribution is 0.464. The van der Waals surface area contributed by atoms with Gasteiger partial charge in [0.2, 0.25) is 10.0 Å². The molecule has 0 saturated carbocycles. The molecule has 1 saturated heterocycles. The lowest BCUT2D eigenvalue weighted by atomic mass is 10.1. The van der Waals surface area contributed by atoms with E-state index >= 15 is 0 Å². The zero-order valence-corrected chi connectivity index (χ0v) is 13.6. The van der Waals surface area contributed by atoms with Crippen LogP contribution in [-0.4, -0.2) is 25.8 Å². The standard InChI is InChI=1S/C13H19BrN2O2S/c1-9-3-4-16(8-9)19(17,18)12-6-11(7-15)5-10(2)13(12)14/h5-6,9H,3-4,7-8,15H2,1-2H3. The van der Waals surface area contributed by atoms with Crippen molar-refractivity contribution >= 4 is 26.0 Å². The van der Waals surface area contributed by atoms with Gasteiger partial charge in [0, 0.05) is 24.1 Å². The Balaban J connectivity index is 2.48. The fourth-order valence-corrected chi connectivity index (χ4v) is 4.97. The van der Waals surface area contributed by atoms with Crippen LogP contribution in [0.4, 0.5) is 0 Å². The van der Waals surface area contributed by atoms with E-state index in [1.807, 2.05) is 13.0 Å². The van der Waals surface area contributed by atoms with Crippen LogP contribution in [0.25, 0.3) is 0 Å². The second-order valence-electron chi connectivity index (χ2n) is 5.19. The number of hydrogen-bond acceptors (Lipinski definition) is 3. The van der Waals surface area contributed by atoms with Gasteiger partial charge in [0.05, 0.1) is 4.90 Å². The number of halogens is 1. The second kappa shape index (κ2) is 5.52. The van der Waals surface area contributed by atoms with E-state index in [0.717, 1.165) is 17.5 Å². The molecule has 2 N–H and O–H groups in total. The third-order valence-corrected chi connectivity index (χ3v) is 6.73. The maximum absolute atomic E-state index is 12.7. The quantitative estimate of drug-likeness (QED) is 0.912. The first-order valence-corrected chi connectivity index (χ1v) is 8.58. The molecule has 0 radical (unpaired) electrons. The molecular formula is C13H19BrN2O2S. The zero-order chi connectivity index (χ0) is 14.2. The van der Waals surface area contributed by atoms with E-state index in [1.54, 1.807) is 10.4 Å². The Kier molecular flexibility index (Phi) is 4.35. The predicted molar refractivity (Wildman–Crippen MR) is 79.3 cm³/mol. The molecule has 0 bridgehead atoms. The summed E-state index contributed by atoms with van der Waals surface area (Å²) in [6, 6.07) is 3.59. The highest BCUT2D eigenvalue weighted by Gasteiger charge is 2.32. The summed E-state index contributed by atoms with van der Waals surface area (Å²) in [6.45, 7) is 5.50. The fourth-order valence-electron chi connectivity index (χ4n) is 2.37. The smallest absolute Gasteiger partial charge is 0.244 e. The first-order chi connectivity index (χ1) is 8.86. The van der Waals surface area contributed by atoms with Gasteiger partial charge in [-0.05, 0) is 52.4 Å². The third-order valence-electron chi connectivity index (χ3n) is 3.52. The number of rotatable bonds is 3. The lowest BCUT2D eigenvalue weighted by Gasteiger charge is -2.18. The van der Waals surface area contributed by atoms with Crippen molar-refractivity contribution in [3.05, 3.63) is 27.7 Å². The third kappa shape index (κ3) is 2.86. The maximum atomic E-state index is 12.7. The van der Waals surface area contributed by atoms with Crippen molar-refractivity contribution in [1.29, 1.82) is 0 Å². The normalized spacial score (nSPS) is 20.9. The Labute approximate surface area is 123 Å². The summed E-state index contributed by atoms with van der Waals surface area (Å²) in [4.78, 5) is 0.335. The molecule has 106 valence electrons. The molecule has 2 rings (SSSR count). The first-order valence-electron chi connectivity index (χ1n) is 6.35. The highest BCUT2D eigenvalue weighted by atomic mass is 79.9. The number of aryl methyl sites for hydroxylation is 1. The van der Waals surface area contributed by atoms with Crippen molar-refractivity contribution < 1.29 is 8.42 Å². The van der Waals surface area contributed by atoms with Gasteiger partial charge in [0.15, 0.2) is 0 Å². The summed E-state index contributed by atoms with van der Waals surface area (Å²) in [5, 5.41) is 0. The van der Waals surface area contributed by atoms with Crippen molar-refractivity contribution in [2.24, 2.45) is 11.7 Å². The molecule has 1 heterocycles. The van der Waals surface area contributed by atoms with Crippen molar-refractivity contribution in [2.45, 2.75) is 31.7 Å². The highest BCUT2D eigenvalue weighted by Crippen LogP contribution is 2.32. The van der Waals surface area contributed by atoms with E-state index in [0.29, 0.717) is 34.9 Å². The van der Waals surface area contributed by atoms with Crippen LogP contribution in [0.15, 0.2) is 21.5 Å². The van der Waals surface area contributed by atoms with Crippen LogP contribution in [0.2, 0.25) is 0 Å². The first kappa shape index (κ1) is 15.0. The molecule has 1 aliphatic heterocycles. The number of hydrogen-bond donors (Lipinski definition) is 1. The molecule has 6 heteroatoms. The topological polar surface area (TPSA) is 63.4 Å². The van der Waals surface area contributed by atoms with Gasteiger partial charge >= 0.3 is 0 Å². The van der Waals surface area contributed by atoms with Crippen LogP contribution in [-0.2, 0) is 16.6 Å². The molecular weight excluding hydrogens is 328 g/mol. The number of nitrogens with two attached hydrogens (primary N) is 1. The van der Waals surface area contributed by atoms with Crippen LogP contribution in [0.5, 0.6) is 0 Å². The summed E-state index contributed by atoms with van der Waals surface area (Å²) < 4.78 is 27.6. The van der Waals surface area contributed by atoms with Gasteiger partial charge in [-0.1, -0.05) is 13.0 Å². The highest BCUT2D eigenvalue weighted by molar-refractivity contribution is 9.10. The molecule has 0 amide bonds. The minimum Gasteiger partial charge on any atom is -0.326 e. The Bertz CT molecular complexity index is 587. The monoisotopic (exact) mass is 346 g/mol. The minimum absolute atomic E-state index is 0.335. The summed E-state index contributed by atoms with van der Waals surface area (Å²) in [6.07, 6.45) is 0.923. The van der Waals surface area contributed by atoms with Crippen LogP contribution in [0.1, 0.15) is 24.5 Å². The number of sulfonamides is 1. The zero-order valence-electron chi connectivity index (χ0n) is 11.2. The van der Waals surface area contributed by atoms with E-state index in [4.69, 9.17) is 5.73 Å².